The molecule has 0 radical (unpaired) electrons. The van der Waals surface area contributed by atoms with Gasteiger partial charge in [0.1, 0.15) is 5.75 Å². The van der Waals surface area contributed by atoms with Gasteiger partial charge in [-0.3, -0.25) is 19.2 Å². The molecule has 0 aromatic heterocycles. The van der Waals surface area contributed by atoms with Crippen LogP contribution in [0.25, 0.3) is 11.6 Å². The van der Waals surface area contributed by atoms with Gasteiger partial charge in [-0.2, -0.15) is 0 Å². The SMILES string of the molecule is C=C/C(C(=O)Nc1ccc(N2CCN(C(=O)CCC(=O)c3ccc(OC(C)=O)cc3)CC2)cc1)=c1/cccc/c1=C/C. The van der Waals surface area contributed by atoms with Crippen molar-refractivity contribution in [2.24, 2.45) is 0 Å². The smallest absolute Gasteiger partial charge is 0.308 e. The quantitative estimate of drug-likeness (QED) is 0.242. The van der Waals surface area contributed by atoms with Crippen molar-refractivity contribution in [2.75, 3.05) is 36.4 Å². The Morgan fingerprint density at radius 2 is 1.55 bits per heavy atom. The van der Waals surface area contributed by atoms with Gasteiger partial charge in [0.05, 0.1) is 0 Å². The fourth-order valence-corrected chi connectivity index (χ4v) is 4.88. The Morgan fingerprint density at radius 1 is 0.881 bits per heavy atom. The van der Waals surface area contributed by atoms with Crippen molar-refractivity contribution in [3.63, 3.8) is 0 Å². The van der Waals surface area contributed by atoms with E-state index in [4.69, 9.17) is 4.74 Å². The minimum atomic E-state index is -0.426. The van der Waals surface area contributed by atoms with Gasteiger partial charge >= 0.3 is 5.97 Å². The van der Waals surface area contributed by atoms with Gasteiger partial charge in [0.25, 0.3) is 5.91 Å². The molecule has 3 aromatic carbocycles. The van der Waals surface area contributed by atoms with Crippen molar-refractivity contribution in [1.82, 2.24) is 4.90 Å². The van der Waals surface area contributed by atoms with E-state index < -0.39 is 5.97 Å². The molecule has 1 heterocycles. The Labute approximate surface area is 245 Å². The van der Waals surface area contributed by atoms with Crippen LogP contribution in [0.3, 0.4) is 0 Å². The molecule has 0 spiro atoms. The van der Waals surface area contributed by atoms with E-state index in [0.29, 0.717) is 48.8 Å². The zero-order valence-corrected chi connectivity index (χ0v) is 24.0. The maximum absolute atomic E-state index is 13.0. The molecule has 8 heteroatoms. The Kier molecular flexibility index (Phi) is 10.1. The van der Waals surface area contributed by atoms with Crippen molar-refractivity contribution in [3.05, 3.63) is 101 Å². The number of Topliss-reactive ketones (excluding diaryl/α,β-unsaturated/α-hetero) is 1. The predicted molar refractivity (Wildman–Crippen MR) is 165 cm³/mol. The molecular weight excluding hydrogens is 530 g/mol. The second-order valence-electron chi connectivity index (χ2n) is 9.90. The summed E-state index contributed by atoms with van der Waals surface area (Å²) in [5.41, 5.74) is 2.67. The summed E-state index contributed by atoms with van der Waals surface area (Å²) in [4.78, 5) is 53.3. The first-order valence-corrected chi connectivity index (χ1v) is 13.9. The van der Waals surface area contributed by atoms with Crippen molar-refractivity contribution in [2.45, 2.75) is 26.7 Å². The highest BCUT2D eigenvalue weighted by molar-refractivity contribution is 6.23. The predicted octanol–water partition coefficient (Wildman–Crippen LogP) is 3.70. The van der Waals surface area contributed by atoms with Crippen LogP contribution in [0.5, 0.6) is 5.75 Å². The second kappa shape index (κ2) is 14.1. The molecule has 0 atom stereocenters. The first kappa shape index (κ1) is 30.0. The van der Waals surface area contributed by atoms with Crippen LogP contribution in [0.15, 0.2) is 85.5 Å². The first-order valence-electron chi connectivity index (χ1n) is 13.9. The average Bonchev–Trinajstić information content (AvgIpc) is 3.01. The van der Waals surface area contributed by atoms with E-state index in [0.717, 1.165) is 16.1 Å². The van der Waals surface area contributed by atoms with E-state index in [9.17, 15) is 19.2 Å². The highest BCUT2D eigenvalue weighted by Gasteiger charge is 2.22. The molecule has 1 aliphatic rings. The van der Waals surface area contributed by atoms with Gasteiger partial charge in [-0.25, -0.2) is 0 Å². The standard InChI is InChI=1S/C34H35N3O5/c1-4-25-8-6-7-9-31(25)30(5-2)34(41)35-27-12-14-28(15-13-27)36-20-22-37(23-21-36)33(40)19-18-32(39)26-10-16-29(17-11-26)42-24(3)38/h4-17H,2,18-23H2,1,3H3,(H,35,41)/b25-4-,31-30+. The Bertz CT molecular complexity index is 1590. The van der Waals surface area contributed by atoms with E-state index in [1.165, 1.54) is 6.92 Å². The lowest BCUT2D eigenvalue weighted by molar-refractivity contribution is -0.132. The molecule has 8 nitrogen and oxygen atoms in total. The number of ketones is 1. The third kappa shape index (κ3) is 7.60. The molecule has 4 rings (SSSR count). The van der Waals surface area contributed by atoms with Crippen LogP contribution >= 0.6 is 0 Å². The number of nitrogens with one attached hydrogen (secondary N) is 1. The van der Waals surface area contributed by atoms with E-state index >= 15 is 0 Å². The van der Waals surface area contributed by atoms with Crippen molar-refractivity contribution < 1.29 is 23.9 Å². The number of piperazine rings is 1. The highest BCUT2D eigenvalue weighted by atomic mass is 16.5. The number of esters is 1. The van der Waals surface area contributed by atoms with Crippen molar-refractivity contribution in [1.29, 1.82) is 0 Å². The van der Waals surface area contributed by atoms with Crippen LogP contribution in [0.4, 0.5) is 11.4 Å². The molecular formula is C34H35N3O5. The fraction of sp³-hybridized carbons (Fsp3) is 0.235. The van der Waals surface area contributed by atoms with Crippen LogP contribution in [-0.2, 0) is 14.4 Å². The number of anilines is 2. The maximum atomic E-state index is 13.0. The number of ether oxygens (including phenoxy) is 1. The highest BCUT2D eigenvalue weighted by Crippen LogP contribution is 2.21. The van der Waals surface area contributed by atoms with Crippen LogP contribution < -0.4 is 25.4 Å². The number of hydrogen-bond acceptors (Lipinski definition) is 6. The Morgan fingerprint density at radius 3 is 2.17 bits per heavy atom. The second-order valence-corrected chi connectivity index (χ2v) is 9.90. The van der Waals surface area contributed by atoms with Crippen LogP contribution in [-0.4, -0.2) is 54.6 Å². The van der Waals surface area contributed by atoms with Crippen LogP contribution in [0, 0.1) is 0 Å². The number of amides is 2. The van der Waals surface area contributed by atoms with Gasteiger partial charge in [0, 0.05) is 68.5 Å². The van der Waals surface area contributed by atoms with Gasteiger partial charge in [0.2, 0.25) is 5.91 Å². The fourth-order valence-electron chi connectivity index (χ4n) is 4.88. The molecule has 0 aliphatic carbocycles. The minimum absolute atomic E-state index is 0.0471. The van der Waals surface area contributed by atoms with Crippen LogP contribution in [0.1, 0.15) is 37.0 Å². The normalized spacial score (nSPS) is 14.2. The molecule has 0 saturated carbocycles. The number of nitrogens with zero attached hydrogens (tertiary/aromatic N) is 2. The van der Waals surface area contributed by atoms with E-state index in [1.54, 1.807) is 35.2 Å². The van der Waals surface area contributed by atoms with Gasteiger partial charge in [-0.05, 0) is 65.9 Å². The van der Waals surface area contributed by atoms with Gasteiger partial charge in [-0.15, -0.1) is 0 Å². The summed E-state index contributed by atoms with van der Waals surface area (Å²) in [6.07, 6.45) is 3.80. The summed E-state index contributed by atoms with van der Waals surface area (Å²) in [5, 5.41) is 4.76. The number of hydrogen-bond donors (Lipinski definition) is 1. The molecule has 2 amide bonds. The molecule has 3 aromatic rings. The molecule has 1 aliphatic heterocycles. The number of carbonyl (C=O) groups is 4. The first-order chi connectivity index (χ1) is 20.3. The number of carbonyl (C=O) groups excluding carboxylic acids is 4. The lowest BCUT2D eigenvalue weighted by Crippen LogP contribution is -2.48. The lowest BCUT2D eigenvalue weighted by atomic mass is 10.1. The number of rotatable bonds is 9. The van der Waals surface area contributed by atoms with E-state index in [2.05, 4.69) is 16.8 Å². The van der Waals surface area contributed by atoms with Gasteiger partial charge in [0.15, 0.2) is 5.78 Å². The summed E-state index contributed by atoms with van der Waals surface area (Å²) in [6.45, 7) is 9.55. The zero-order chi connectivity index (χ0) is 30.1. The number of benzene rings is 3. The zero-order valence-electron chi connectivity index (χ0n) is 24.0. The minimum Gasteiger partial charge on any atom is -0.427 e. The third-order valence-electron chi connectivity index (χ3n) is 7.14. The molecule has 1 fully saturated rings. The summed E-state index contributed by atoms with van der Waals surface area (Å²) >= 11 is 0. The lowest BCUT2D eigenvalue weighted by Gasteiger charge is -2.36. The molecule has 216 valence electrons. The topological polar surface area (TPSA) is 96.0 Å². The average molecular weight is 566 g/mol. The van der Waals surface area contributed by atoms with Crippen molar-refractivity contribution >= 4 is 46.6 Å². The molecule has 0 bridgehead atoms. The molecule has 1 saturated heterocycles. The summed E-state index contributed by atoms with van der Waals surface area (Å²) in [7, 11) is 0. The molecule has 0 unspecified atom stereocenters. The van der Waals surface area contributed by atoms with E-state index in [-0.39, 0.29) is 30.4 Å². The monoisotopic (exact) mass is 565 g/mol. The Balaban J connectivity index is 1.27. The summed E-state index contributed by atoms with van der Waals surface area (Å²) in [5.74, 6) is -0.453. The van der Waals surface area contributed by atoms with Crippen LogP contribution in [0.2, 0.25) is 0 Å². The van der Waals surface area contributed by atoms with Gasteiger partial charge < -0.3 is 19.9 Å². The largest absolute Gasteiger partial charge is 0.427 e. The van der Waals surface area contributed by atoms with Gasteiger partial charge in [-0.1, -0.05) is 43.0 Å². The maximum Gasteiger partial charge on any atom is 0.308 e. The molecule has 1 N–H and O–H groups in total. The summed E-state index contributed by atoms with van der Waals surface area (Å²) in [6, 6.07) is 21.7. The van der Waals surface area contributed by atoms with E-state index in [1.807, 2.05) is 61.5 Å². The molecule has 42 heavy (non-hydrogen) atoms. The third-order valence-corrected chi connectivity index (χ3v) is 7.14. The van der Waals surface area contributed by atoms with Crippen molar-refractivity contribution in [3.8, 4) is 5.75 Å². The summed E-state index contributed by atoms with van der Waals surface area (Å²) < 4.78 is 4.99. The Hall–Kier alpha value is -4.98.